The van der Waals surface area contributed by atoms with Crippen molar-refractivity contribution in [1.82, 2.24) is 9.80 Å². The molecule has 8 unspecified atom stereocenters. The van der Waals surface area contributed by atoms with Gasteiger partial charge in [0.15, 0.2) is 0 Å². The molecule has 3 saturated heterocycles. The number of rotatable bonds is 9. The second kappa shape index (κ2) is 10.2. The van der Waals surface area contributed by atoms with E-state index < -0.39 is 22.2 Å². The van der Waals surface area contributed by atoms with Crippen molar-refractivity contribution in [3.63, 3.8) is 0 Å². The number of fused-ring (bicyclic) bond motifs is 3. The van der Waals surface area contributed by atoms with E-state index in [1.807, 2.05) is 0 Å². The molecule has 0 aromatic carbocycles. The highest BCUT2D eigenvalue weighted by Gasteiger charge is 2.86. The van der Waals surface area contributed by atoms with Gasteiger partial charge in [-0.25, -0.2) is 0 Å². The molecule has 0 amide bonds. The standard InChI is InChI=1S/C35H54N2O4/c1-5-6-8-24-15-31(41-30(24)20-36-13-14-37-12-7-9-26(37)19-36)34-18-27-23(4)10-11-28(27)33(21-38)17-25(34)16-29(22(2)3)35(33,34)32(39)40/h16,21-28,30-31H,5-15,17-20H2,1-4H3,(H,39,40)/t23-,24?,25?,26?,27-,28-,30?,31?,33?,34?,35?/m1/s1. The van der Waals surface area contributed by atoms with E-state index in [1.54, 1.807) is 0 Å². The maximum Gasteiger partial charge on any atom is 0.315 e. The third kappa shape index (κ3) is 3.65. The van der Waals surface area contributed by atoms with E-state index in [9.17, 15) is 14.7 Å². The molecule has 6 fully saturated rings. The van der Waals surface area contributed by atoms with Crippen LogP contribution in [0.3, 0.4) is 0 Å². The Bertz CT molecular complexity index is 1090. The fraction of sp³-hybridized carbons (Fsp3) is 0.886. The molecule has 6 nitrogen and oxygen atoms in total. The van der Waals surface area contributed by atoms with Crippen molar-refractivity contribution in [2.24, 2.45) is 51.8 Å². The molecule has 4 bridgehead atoms. The Labute approximate surface area is 247 Å². The maximum absolute atomic E-state index is 14.0. The van der Waals surface area contributed by atoms with Crippen LogP contribution in [0, 0.1) is 51.8 Å². The highest BCUT2D eigenvalue weighted by Crippen LogP contribution is 2.84. The lowest BCUT2D eigenvalue weighted by molar-refractivity contribution is -0.197. The predicted octanol–water partition coefficient (Wildman–Crippen LogP) is 5.65. The van der Waals surface area contributed by atoms with Gasteiger partial charge in [-0.3, -0.25) is 14.6 Å². The van der Waals surface area contributed by atoms with Gasteiger partial charge in [0.2, 0.25) is 0 Å². The van der Waals surface area contributed by atoms with Crippen molar-refractivity contribution in [1.29, 1.82) is 0 Å². The molecule has 11 atom stereocenters. The summed E-state index contributed by atoms with van der Waals surface area (Å²) in [7, 11) is 0. The second-order valence-electron chi connectivity index (χ2n) is 15.8. The van der Waals surface area contributed by atoms with Crippen LogP contribution in [0.5, 0.6) is 0 Å². The van der Waals surface area contributed by atoms with Gasteiger partial charge in [0.1, 0.15) is 11.7 Å². The van der Waals surface area contributed by atoms with Crippen LogP contribution in [0.2, 0.25) is 0 Å². The number of ether oxygens (including phenoxy) is 1. The predicted molar refractivity (Wildman–Crippen MR) is 159 cm³/mol. The van der Waals surface area contributed by atoms with E-state index >= 15 is 0 Å². The van der Waals surface area contributed by atoms with E-state index in [-0.39, 0.29) is 30.0 Å². The number of aldehydes is 1. The van der Waals surface area contributed by atoms with Gasteiger partial charge in [0, 0.05) is 37.6 Å². The summed E-state index contributed by atoms with van der Waals surface area (Å²) in [4.78, 5) is 32.8. The number of carbonyl (C=O) groups excluding carboxylic acids is 1. The maximum atomic E-state index is 14.0. The highest BCUT2D eigenvalue weighted by molar-refractivity contribution is 5.90. The Morgan fingerprint density at radius 3 is 2.76 bits per heavy atom. The first kappa shape index (κ1) is 28.5. The molecule has 6 heteroatoms. The number of carboxylic acids is 1. The minimum atomic E-state index is -1.13. The molecule has 3 heterocycles. The van der Waals surface area contributed by atoms with Gasteiger partial charge < -0.3 is 14.6 Å². The van der Waals surface area contributed by atoms with Gasteiger partial charge >= 0.3 is 5.97 Å². The highest BCUT2D eigenvalue weighted by atomic mass is 16.5. The Balaban J connectivity index is 1.27. The van der Waals surface area contributed by atoms with Crippen molar-refractivity contribution in [3.8, 4) is 0 Å². The first-order chi connectivity index (χ1) is 19.7. The molecule has 3 saturated carbocycles. The first-order valence-corrected chi connectivity index (χ1v) is 17.3. The third-order valence-electron chi connectivity index (χ3n) is 14.0. The van der Waals surface area contributed by atoms with Crippen LogP contribution in [0.15, 0.2) is 11.6 Å². The molecule has 3 aliphatic heterocycles. The SMILES string of the molecule is CCCCC1CC(C23C[C@@H]4[C@H](C)CC[C@H]4C4(C=O)CC2C=C(C(C)C)C34C(=O)O)OC1CN1CCN2CCCC2C1. The van der Waals surface area contributed by atoms with Gasteiger partial charge in [-0.2, -0.15) is 0 Å². The van der Waals surface area contributed by atoms with Gasteiger partial charge in [0.05, 0.1) is 17.6 Å². The number of nitrogens with zero attached hydrogens (tertiary/aromatic N) is 2. The third-order valence-corrected chi connectivity index (χ3v) is 14.0. The lowest BCUT2D eigenvalue weighted by Crippen LogP contribution is -2.65. The Morgan fingerprint density at radius 2 is 2.02 bits per heavy atom. The zero-order valence-corrected chi connectivity index (χ0v) is 26.0. The molecule has 0 aromatic heterocycles. The normalized spacial score (nSPS) is 49.0. The first-order valence-electron chi connectivity index (χ1n) is 17.3. The van der Waals surface area contributed by atoms with Gasteiger partial charge in [-0.05, 0) is 87.0 Å². The Kier molecular flexibility index (Phi) is 7.07. The van der Waals surface area contributed by atoms with E-state index in [2.05, 4.69) is 43.6 Å². The summed E-state index contributed by atoms with van der Waals surface area (Å²) in [6, 6.07) is 0.694. The number of aliphatic carboxylic acids is 1. The zero-order valence-electron chi connectivity index (χ0n) is 26.0. The van der Waals surface area contributed by atoms with Gasteiger partial charge in [-0.1, -0.05) is 58.6 Å². The molecule has 1 N–H and O–H groups in total. The average Bonchev–Trinajstić information content (AvgIpc) is 3.75. The van der Waals surface area contributed by atoms with Crippen LogP contribution < -0.4 is 0 Å². The van der Waals surface area contributed by atoms with Crippen LogP contribution in [-0.2, 0) is 14.3 Å². The van der Waals surface area contributed by atoms with Crippen LogP contribution >= 0.6 is 0 Å². The van der Waals surface area contributed by atoms with Crippen molar-refractivity contribution in [2.45, 2.75) is 110 Å². The molecular formula is C35H54N2O4. The molecule has 0 aromatic rings. The number of hydrogen-bond donors (Lipinski definition) is 1. The van der Waals surface area contributed by atoms with Crippen LogP contribution in [0.1, 0.15) is 91.9 Å². The molecule has 4 aliphatic carbocycles. The number of unbranched alkanes of at least 4 members (excludes halogenated alkanes) is 1. The van der Waals surface area contributed by atoms with E-state index in [4.69, 9.17) is 4.74 Å². The van der Waals surface area contributed by atoms with Crippen molar-refractivity contribution >= 4 is 12.3 Å². The van der Waals surface area contributed by atoms with Crippen LogP contribution in [-0.4, -0.2) is 78.1 Å². The molecule has 41 heavy (non-hydrogen) atoms. The number of hydrogen-bond acceptors (Lipinski definition) is 5. The lowest BCUT2D eigenvalue weighted by Gasteiger charge is -2.60. The zero-order chi connectivity index (χ0) is 28.7. The number of carboxylic acid groups (broad SMARTS) is 1. The minimum Gasteiger partial charge on any atom is -0.481 e. The number of piperazine rings is 1. The van der Waals surface area contributed by atoms with E-state index in [0.29, 0.717) is 30.2 Å². The summed E-state index contributed by atoms with van der Waals surface area (Å²) in [6.45, 7) is 14.6. The number of allylic oxidation sites excluding steroid dienone is 1. The fourth-order valence-corrected chi connectivity index (χ4v) is 12.4. The quantitative estimate of drug-likeness (QED) is 0.287. The van der Waals surface area contributed by atoms with Crippen LogP contribution in [0.25, 0.3) is 0 Å². The smallest absolute Gasteiger partial charge is 0.315 e. The Hall–Kier alpha value is -1.24. The van der Waals surface area contributed by atoms with Gasteiger partial charge in [-0.15, -0.1) is 0 Å². The largest absolute Gasteiger partial charge is 0.481 e. The van der Waals surface area contributed by atoms with Crippen molar-refractivity contribution < 1.29 is 19.4 Å². The topological polar surface area (TPSA) is 70.1 Å². The van der Waals surface area contributed by atoms with Crippen LogP contribution in [0.4, 0.5) is 0 Å². The lowest BCUT2D eigenvalue weighted by atomic mass is 9.41. The molecule has 228 valence electrons. The van der Waals surface area contributed by atoms with Gasteiger partial charge in [0.25, 0.3) is 0 Å². The van der Waals surface area contributed by atoms with Crippen molar-refractivity contribution in [2.75, 3.05) is 32.7 Å². The average molecular weight is 567 g/mol. The molecular weight excluding hydrogens is 512 g/mol. The summed E-state index contributed by atoms with van der Waals surface area (Å²) in [6.07, 6.45) is 14.4. The monoisotopic (exact) mass is 566 g/mol. The second-order valence-corrected chi connectivity index (χ2v) is 15.8. The fourth-order valence-electron chi connectivity index (χ4n) is 12.4. The summed E-state index contributed by atoms with van der Waals surface area (Å²) in [5.41, 5.74) is -1.40. The summed E-state index contributed by atoms with van der Waals surface area (Å²) in [5.74, 6) is 1.11. The Morgan fingerprint density at radius 1 is 1.20 bits per heavy atom. The van der Waals surface area contributed by atoms with Crippen molar-refractivity contribution in [3.05, 3.63) is 11.6 Å². The van der Waals surface area contributed by atoms with E-state index in [1.165, 1.54) is 45.1 Å². The molecule has 7 rings (SSSR count). The molecule has 7 aliphatic rings. The molecule has 0 spiro atoms. The summed E-state index contributed by atoms with van der Waals surface area (Å²) >= 11 is 0. The van der Waals surface area contributed by atoms with E-state index in [0.717, 1.165) is 57.3 Å². The summed E-state index contributed by atoms with van der Waals surface area (Å²) < 4.78 is 7.34. The minimum absolute atomic E-state index is 0.0914. The number of carbonyl (C=O) groups is 2. The molecule has 0 radical (unpaired) electrons. The summed E-state index contributed by atoms with van der Waals surface area (Å²) in [5, 5.41) is 11.5.